The third kappa shape index (κ3) is 5.49. The van der Waals surface area contributed by atoms with Crippen molar-refractivity contribution in [2.24, 2.45) is 0 Å². The summed E-state index contributed by atoms with van der Waals surface area (Å²) in [6.45, 7) is 5.36. The van der Waals surface area contributed by atoms with Gasteiger partial charge in [-0.15, -0.1) is 0 Å². The molecule has 1 heterocycles. The fraction of sp³-hybridized carbons (Fsp3) is 0.409. The SMILES string of the molecule is CCN(C)Cc1cccc(CNC(=O)c2cc(S(=O)(=O)N3CCCC3)ccc2Br)c1. The normalized spacial score (nSPS) is 14.9. The second-order valence-corrected chi connectivity index (χ2v) is 10.4. The number of carbonyl (C=O) groups excluding carboxylic acids is 1. The van der Waals surface area contributed by atoms with Crippen molar-refractivity contribution in [2.75, 3.05) is 26.7 Å². The maximum Gasteiger partial charge on any atom is 0.252 e. The van der Waals surface area contributed by atoms with Gasteiger partial charge in [-0.05, 0) is 71.7 Å². The van der Waals surface area contributed by atoms with E-state index in [2.05, 4.69) is 52.3 Å². The molecule has 1 saturated heterocycles. The van der Waals surface area contributed by atoms with Crippen molar-refractivity contribution in [1.82, 2.24) is 14.5 Å². The predicted octanol–water partition coefficient (Wildman–Crippen LogP) is 3.62. The Balaban J connectivity index is 1.72. The van der Waals surface area contributed by atoms with E-state index in [1.807, 2.05) is 12.1 Å². The van der Waals surface area contributed by atoms with E-state index in [4.69, 9.17) is 0 Å². The van der Waals surface area contributed by atoms with E-state index < -0.39 is 10.0 Å². The molecule has 8 heteroatoms. The van der Waals surface area contributed by atoms with Crippen molar-refractivity contribution in [1.29, 1.82) is 0 Å². The summed E-state index contributed by atoms with van der Waals surface area (Å²) in [6.07, 6.45) is 1.74. The van der Waals surface area contributed by atoms with Crippen LogP contribution in [0.2, 0.25) is 0 Å². The van der Waals surface area contributed by atoms with Gasteiger partial charge >= 0.3 is 0 Å². The van der Waals surface area contributed by atoms with Gasteiger partial charge in [0.1, 0.15) is 0 Å². The number of hydrogen-bond donors (Lipinski definition) is 1. The molecule has 0 bridgehead atoms. The zero-order valence-electron chi connectivity index (χ0n) is 17.4. The summed E-state index contributed by atoms with van der Waals surface area (Å²) in [5, 5.41) is 2.91. The van der Waals surface area contributed by atoms with Crippen LogP contribution in [0, 0.1) is 0 Å². The van der Waals surface area contributed by atoms with Crippen molar-refractivity contribution >= 4 is 31.9 Å². The largest absolute Gasteiger partial charge is 0.348 e. The first-order valence-corrected chi connectivity index (χ1v) is 12.4. The quantitative estimate of drug-likeness (QED) is 0.609. The molecule has 0 saturated carbocycles. The number of sulfonamides is 1. The average molecular weight is 494 g/mol. The Hall–Kier alpha value is -1.74. The Morgan fingerprint density at radius 3 is 2.53 bits per heavy atom. The fourth-order valence-electron chi connectivity index (χ4n) is 3.46. The Kier molecular flexibility index (Phi) is 7.68. The number of nitrogens with zero attached hydrogens (tertiary/aromatic N) is 2. The van der Waals surface area contributed by atoms with Gasteiger partial charge in [0.05, 0.1) is 10.5 Å². The third-order valence-electron chi connectivity index (χ3n) is 5.32. The van der Waals surface area contributed by atoms with Crippen LogP contribution < -0.4 is 5.32 Å². The molecule has 0 aromatic heterocycles. The van der Waals surface area contributed by atoms with Crippen LogP contribution in [0.1, 0.15) is 41.3 Å². The topological polar surface area (TPSA) is 69.7 Å². The van der Waals surface area contributed by atoms with E-state index in [1.54, 1.807) is 12.1 Å². The zero-order chi connectivity index (χ0) is 21.7. The maximum atomic E-state index is 12.8. The molecule has 0 aliphatic carbocycles. The molecule has 162 valence electrons. The highest BCUT2D eigenvalue weighted by Gasteiger charge is 2.28. The van der Waals surface area contributed by atoms with Crippen LogP contribution in [-0.4, -0.2) is 50.2 Å². The lowest BCUT2D eigenvalue weighted by atomic mass is 10.1. The summed E-state index contributed by atoms with van der Waals surface area (Å²) in [7, 11) is -1.51. The van der Waals surface area contributed by atoms with E-state index in [-0.39, 0.29) is 10.8 Å². The number of halogens is 1. The highest BCUT2D eigenvalue weighted by atomic mass is 79.9. The van der Waals surface area contributed by atoms with Crippen molar-refractivity contribution < 1.29 is 13.2 Å². The average Bonchev–Trinajstić information content (AvgIpc) is 3.28. The maximum absolute atomic E-state index is 12.8. The lowest BCUT2D eigenvalue weighted by Crippen LogP contribution is -2.28. The second kappa shape index (κ2) is 10.0. The minimum atomic E-state index is -3.57. The molecule has 30 heavy (non-hydrogen) atoms. The van der Waals surface area contributed by atoms with Gasteiger partial charge in [-0.2, -0.15) is 4.31 Å². The summed E-state index contributed by atoms with van der Waals surface area (Å²) in [5.41, 5.74) is 2.51. The van der Waals surface area contributed by atoms with E-state index in [1.165, 1.54) is 15.9 Å². The molecule has 0 atom stereocenters. The molecule has 0 unspecified atom stereocenters. The number of benzene rings is 2. The minimum Gasteiger partial charge on any atom is -0.348 e. The van der Waals surface area contributed by atoms with Crippen LogP contribution in [0.3, 0.4) is 0 Å². The summed E-state index contributed by atoms with van der Waals surface area (Å²) >= 11 is 3.38. The highest BCUT2D eigenvalue weighted by Crippen LogP contribution is 2.25. The predicted molar refractivity (Wildman–Crippen MR) is 122 cm³/mol. The monoisotopic (exact) mass is 493 g/mol. The van der Waals surface area contributed by atoms with Crippen LogP contribution in [0.25, 0.3) is 0 Å². The Morgan fingerprint density at radius 1 is 1.13 bits per heavy atom. The van der Waals surface area contributed by atoms with Crippen molar-refractivity contribution in [2.45, 2.75) is 37.8 Å². The Morgan fingerprint density at radius 2 is 1.83 bits per heavy atom. The number of rotatable bonds is 8. The first kappa shape index (κ1) is 22.9. The molecule has 6 nitrogen and oxygen atoms in total. The van der Waals surface area contributed by atoms with Crippen LogP contribution in [0.15, 0.2) is 51.8 Å². The van der Waals surface area contributed by atoms with Crippen LogP contribution in [0.4, 0.5) is 0 Å². The molecule has 1 aliphatic rings. The molecule has 1 aliphatic heterocycles. The van der Waals surface area contributed by atoms with E-state index in [9.17, 15) is 13.2 Å². The van der Waals surface area contributed by atoms with Gasteiger partial charge in [-0.1, -0.05) is 31.2 Å². The van der Waals surface area contributed by atoms with Crippen molar-refractivity contribution in [3.05, 3.63) is 63.6 Å². The van der Waals surface area contributed by atoms with Gasteiger partial charge in [0.25, 0.3) is 5.91 Å². The molecule has 2 aromatic carbocycles. The molecule has 1 amide bonds. The van der Waals surface area contributed by atoms with Gasteiger partial charge in [0.2, 0.25) is 10.0 Å². The van der Waals surface area contributed by atoms with Crippen molar-refractivity contribution in [3.63, 3.8) is 0 Å². The second-order valence-electron chi connectivity index (χ2n) is 7.59. The van der Waals surface area contributed by atoms with Gasteiger partial charge < -0.3 is 10.2 Å². The van der Waals surface area contributed by atoms with Gasteiger partial charge in [-0.3, -0.25) is 4.79 Å². The molecule has 3 rings (SSSR count). The first-order valence-electron chi connectivity index (χ1n) is 10.2. The molecule has 2 aromatic rings. The standard InChI is InChI=1S/C22H28BrN3O3S/c1-3-25(2)16-18-8-6-7-17(13-18)15-24-22(27)20-14-19(9-10-21(20)23)30(28,29)26-11-4-5-12-26/h6-10,13-14H,3-5,11-12,15-16H2,1-2H3,(H,24,27). The summed E-state index contributed by atoms with van der Waals surface area (Å²) in [4.78, 5) is 15.2. The molecule has 0 radical (unpaired) electrons. The molecule has 1 N–H and O–H groups in total. The van der Waals surface area contributed by atoms with E-state index >= 15 is 0 Å². The summed E-state index contributed by atoms with van der Waals surface area (Å²) in [6, 6.07) is 12.7. The van der Waals surface area contributed by atoms with Gasteiger partial charge in [0.15, 0.2) is 0 Å². The van der Waals surface area contributed by atoms with E-state index in [0.29, 0.717) is 29.7 Å². The molecular weight excluding hydrogens is 466 g/mol. The first-order chi connectivity index (χ1) is 14.3. The fourth-order valence-corrected chi connectivity index (χ4v) is 5.43. The molecular formula is C22H28BrN3O3S. The van der Waals surface area contributed by atoms with Crippen LogP contribution in [-0.2, 0) is 23.1 Å². The molecule has 0 spiro atoms. The lowest BCUT2D eigenvalue weighted by Gasteiger charge is -2.17. The number of nitrogens with one attached hydrogen (secondary N) is 1. The van der Waals surface area contributed by atoms with Crippen LogP contribution in [0.5, 0.6) is 0 Å². The van der Waals surface area contributed by atoms with Crippen molar-refractivity contribution in [3.8, 4) is 0 Å². The van der Waals surface area contributed by atoms with Crippen LogP contribution >= 0.6 is 15.9 Å². The number of carbonyl (C=O) groups is 1. The zero-order valence-corrected chi connectivity index (χ0v) is 19.8. The summed E-state index contributed by atoms with van der Waals surface area (Å²) < 4.78 is 27.7. The lowest BCUT2D eigenvalue weighted by molar-refractivity contribution is 0.0950. The van der Waals surface area contributed by atoms with Gasteiger partial charge in [0, 0.05) is 30.7 Å². The molecule has 1 fully saturated rings. The van der Waals surface area contributed by atoms with Gasteiger partial charge in [-0.25, -0.2) is 8.42 Å². The third-order valence-corrected chi connectivity index (χ3v) is 7.91. The van der Waals surface area contributed by atoms with E-state index in [0.717, 1.165) is 31.5 Å². The highest BCUT2D eigenvalue weighted by molar-refractivity contribution is 9.10. The minimum absolute atomic E-state index is 0.155. The number of amides is 1. The Bertz CT molecular complexity index is 1000. The number of hydrogen-bond acceptors (Lipinski definition) is 4. The summed E-state index contributed by atoms with van der Waals surface area (Å²) in [5.74, 6) is -0.309. The smallest absolute Gasteiger partial charge is 0.252 e. The Labute approximate surface area is 187 Å².